The fraction of sp³-hybridized carbons (Fsp3) is 0.571. The first kappa shape index (κ1) is 15.5. The standard InChI is InChI=1S/C14H18Cl2O2/c1-7(2)5-9-11(15)12(16)10(6-8(3)4)14(18)13(9)17/h7-8H,5-6H2,1-4H3. The Hall–Kier alpha value is -0.600. The molecule has 0 saturated heterocycles. The first-order valence-electron chi connectivity index (χ1n) is 6.12. The summed E-state index contributed by atoms with van der Waals surface area (Å²) in [5, 5.41) is 0.510. The summed E-state index contributed by atoms with van der Waals surface area (Å²) in [4.78, 5) is 24.0. The molecule has 2 nitrogen and oxygen atoms in total. The van der Waals surface area contributed by atoms with Gasteiger partial charge in [0.15, 0.2) is 0 Å². The van der Waals surface area contributed by atoms with Crippen molar-refractivity contribution < 1.29 is 9.59 Å². The Labute approximate surface area is 118 Å². The van der Waals surface area contributed by atoms with Crippen LogP contribution in [0.3, 0.4) is 0 Å². The lowest BCUT2D eigenvalue weighted by Gasteiger charge is -2.20. The Morgan fingerprint density at radius 3 is 1.28 bits per heavy atom. The number of halogens is 2. The molecule has 0 atom stereocenters. The van der Waals surface area contributed by atoms with Crippen LogP contribution >= 0.6 is 23.2 Å². The molecule has 0 fully saturated rings. The summed E-state index contributed by atoms with van der Waals surface area (Å²) in [6.07, 6.45) is 0.961. The minimum Gasteiger partial charge on any atom is -0.285 e. The van der Waals surface area contributed by atoms with Crippen LogP contribution in [0.15, 0.2) is 21.2 Å². The van der Waals surface area contributed by atoms with E-state index >= 15 is 0 Å². The van der Waals surface area contributed by atoms with Crippen molar-refractivity contribution >= 4 is 34.8 Å². The zero-order valence-corrected chi connectivity index (χ0v) is 12.7. The van der Waals surface area contributed by atoms with E-state index in [2.05, 4.69) is 0 Å². The lowest BCUT2D eigenvalue weighted by atomic mass is 9.87. The highest BCUT2D eigenvalue weighted by molar-refractivity contribution is 6.58. The first-order valence-corrected chi connectivity index (χ1v) is 6.88. The number of hydrogen-bond acceptors (Lipinski definition) is 2. The third-order valence-corrected chi connectivity index (χ3v) is 3.63. The zero-order valence-electron chi connectivity index (χ0n) is 11.1. The molecule has 0 unspecified atom stereocenters. The van der Waals surface area contributed by atoms with Crippen molar-refractivity contribution in [2.45, 2.75) is 40.5 Å². The van der Waals surface area contributed by atoms with Crippen LogP contribution in [-0.2, 0) is 9.59 Å². The molecule has 0 amide bonds. The Balaban J connectivity index is 3.22. The summed E-state index contributed by atoms with van der Waals surface area (Å²) in [5.74, 6) is -0.481. The summed E-state index contributed by atoms with van der Waals surface area (Å²) in [6.45, 7) is 7.87. The van der Waals surface area contributed by atoms with Crippen LogP contribution in [-0.4, -0.2) is 11.6 Å². The normalized spacial score (nSPS) is 17.6. The highest BCUT2D eigenvalue weighted by Crippen LogP contribution is 2.36. The van der Waals surface area contributed by atoms with Gasteiger partial charge in [-0.25, -0.2) is 0 Å². The molecular weight excluding hydrogens is 271 g/mol. The van der Waals surface area contributed by atoms with E-state index in [1.165, 1.54) is 0 Å². The Kier molecular flexibility index (Phi) is 5.18. The molecule has 0 aromatic heterocycles. The molecule has 0 heterocycles. The lowest BCUT2D eigenvalue weighted by molar-refractivity contribution is -0.132. The van der Waals surface area contributed by atoms with Crippen molar-refractivity contribution in [1.82, 2.24) is 0 Å². The second-order valence-electron chi connectivity index (χ2n) is 5.44. The van der Waals surface area contributed by atoms with Crippen LogP contribution in [0.5, 0.6) is 0 Å². The topological polar surface area (TPSA) is 34.1 Å². The lowest BCUT2D eigenvalue weighted by Crippen LogP contribution is -2.25. The molecule has 18 heavy (non-hydrogen) atoms. The van der Waals surface area contributed by atoms with Crippen LogP contribution in [0.25, 0.3) is 0 Å². The van der Waals surface area contributed by atoms with Gasteiger partial charge in [0.2, 0.25) is 11.6 Å². The van der Waals surface area contributed by atoms with Gasteiger partial charge in [0.05, 0.1) is 10.1 Å². The Morgan fingerprint density at radius 1 is 0.778 bits per heavy atom. The average molecular weight is 289 g/mol. The van der Waals surface area contributed by atoms with Gasteiger partial charge in [-0.3, -0.25) is 9.59 Å². The predicted octanol–water partition coefficient (Wildman–Crippen LogP) is 4.22. The SMILES string of the molecule is CC(C)CC1=C(Cl)C(Cl)=C(CC(C)C)C(=O)C1=O. The van der Waals surface area contributed by atoms with E-state index in [4.69, 9.17) is 23.2 Å². The third kappa shape index (κ3) is 3.24. The second kappa shape index (κ2) is 6.03. The summed E-state index contributed by atoms with van der Waals surface area (Å²) in [7, 11) is 0. The molecule has 100 valence electrons. The maximum Gasteiger partial charge on any atom is 0.230 e. The van der Waals surface area contributed by atoms with Gasteiger partial charge in [-0.05, 0) is 24.7 Å². The van der Waals surface area contributed by atoms with E-state index in [9.17, 15) is 9.59 Å². The average Bonchev–Trinajstić information content (AvgIpc) is 2.27. The van der Waals surface area contributed by atoms with Crippen LogP contribution < -0.4 is 0 Å². The summed E-state index contributed by atoms with van der Waals surface area (Å²) in [6, 6.07) is 0. The molecular formula is C14H18Cl2O2. The number of hydrogen-bond donors (Lipinski definition) is 0. The van der Waals surface area contributed by atoms with Crippen molar-refractivity contribution in [3.63, 3.8) is 0 Å². The Bertz CT molecular complexity index is 401. The molecule has 1 aliphatic carbocycles. The van der Waals surface area contributed by atoms with Crippen LogP contribution in [0.2, 0.25) is 0 Å². The fourth-order valence-electron chi connectivity index (χ4n) is 1.92. The highest BCUT2D eigenvalue weighted by atomic mass is 35.5. The molecule has 0 aliphatic heterocycles. The van der Waals surface area contributed by atoms with Gasteiger partial charge in [-0.1, -0.05) is 50.9 Å². The van der Waals surface area contributed by atoms with Gasteiger partial charge in [0.25, 0.3) is 0 Å². The van der Waals surface area contributed by atoms with Gasteiger partial charge < -0.3 is 0 Å². The smallest absolute Gasteiger partial charge is 0.230 e. The summed E-state index contributed by atoms with van der Waals surface area (Å²) < 4.78 is 0. The molecule has 1 aliphatic rings. The number of allylic oxidation sites excluding steroid dienone is 4. The van der Waals surface area contributed by atoms with Crippen LogP contribution in [0.1, 0.15) is 40.5 Å². The van der Waals surface area contributed by atoms with E-state index in [0.29, 0.717) is 24.0 Å². The molecule has 0 bridgehead atoms. The van der Waals surface area contributed by atoms with Crippen molar-refractivity contribution in [3.8, 4) is 0 Å². The van der Waals surface area contributed by atoms with Gasteiger partial charge in [-0.2, -0.15) is 0 Å². The van der Waals surface area contributed by atoms with E-state index in [0.717, 1.165) is 0 Å². The molecule has 0 spiro atoms. The van der Waals surface area contributed by atoms with Crippen LogP contribution in [0.4, 0.5) is 0 Å². The maximum absolute atomic E-state index is 12.0. The number of carbonyl (C=O) groups is 2. The number of carbonyl (C=O) groups excluding carboxylic acids is 2. The molecule has 0 radical (unpaired) electrons. The monoisotopic (exact) mass is 288 g/mol. The van der Waals surface area contributed by atoms with Gasteiger partial charge >= 0.3 is 0 Å². The number of ketones is 2. The van der Waals surface area contributed by atoms with Gasteiger partial charge in [0, 0.05) is 11.1 Å². The zero-order chi connectivity index (χ0) is 14.0. The van der Waals surface area contributed by atoms with E-state index < -0.39 is 11.6 Å². The quantitative estimate of drug-likeness (QED) is 0.573. The molecule has 0 saturated carbocycles. The van der Waals surface area contributed by atoms with Gasteiger partial charge in [0.1, 0.15) is 0 Å². The largest absolute Gasteiger partial charge is 0.285 e. The highest BCUT2D eigenvalue weighted by Gasteiger charge is 2.33. The second-order valence-corrected chi connectivity index (χ2v) is 6.20. The van der Waals surface area contributed by atoms with E-state index in [1.807, 2.05) is 27.7 Å². The van der Waals surface area contributed by atoms with Crippen LogP contribution in [0, 0.1) is 11.8 Å². The maximum atomic E-state index is 12.0. The first-order chi connectivity index (χ1) is 8.25. The van der Waals surface area contributed by atoms with E-state index in [1.54, 1.807) is 0 Å². The van der Waals surface area contributed by atoms with Crippen molar-refractivity contribution in [2.75, 3.05) is 0 Å². The van der Waals surface area contributed by atoms with Crippen molar-refractivity contribution in [2.24, 2.45) is 11.8 Å². The minimum absolute atomic E-state index is 0.251. The number of rotatable bonds is 4. The number of Topliss-reactive ketones (excluding diaryl/α,β-unsaturated/α-hetero) is 2. The van der Waals surface area contributed by atoms with Crippen molar-refractivity contribution in [3.05, 3.63) is 21.2 Å². The molecule has 1 rings (SSSR count). The minimum atomic E-state index is -0.492. The summed E-state index contributed by atoms with van der Waals surface area (Å²) >= 11 is 12.3. The predicted molar refractivity (Wildman–Crippen MR) is 74.7 cm³/mol. The third-order valence-electron chi connectivity index (χ3n) is 2.70. The van der Waals surface area contributed by atoms with Crippen molar-refractivity contribution in [1.29, 1.82) is 0 Å². The van der Waals surface area contributed by atoms with E-state index in [-0.39, 0.29) is 21.9 Å². The molecule has 4 heteroatoms. The Morgan fingerprint density at radius 2 is 1.06 bits per heavy atom. The molecule has 0 aromatic rings. The van der Waals surface area contributed by atoms with Gasteiger partial charge in [-0.15, -0.1) is 0 Å². The summed E-state index contributed by atoms with van der Waals surface area (Å²) in [5.41, 5.74) is 0.711. The molecule has 0 aromatic carbocycles. The molecule has 0 N–H and O–H groups in total. The fourth-order valence-corrected chi connectivity index (χ4v) is 2.47.